The van der Waals surface area contributed by atoms with E-state index >= 15 is 0 Å². The molecule has 1 aliphatic rings. The first-order valence-corrected chi connectivity index (χ1v) is 6.81. The number of aromatic nitrogens is 1. The third-order valence-corrected chi connectivity index (χ3v) is 4.66. The first-order chi connectivity index (χ1) is 8.19. The Hall–Kier alpha value is -1.13. The van der Waals surface area contributed by atoms with Crippen LogP contribution in [0.5, 0.6) is 0 Å². The van der Waals surface area contributed by atoms with Crippen LogP contribution in [0.4, 0.5) is 0 Å². The van der Waals surface area contributed by atoms with Crippen LogP contribution < -0.4 is 5.73 Å². The molecule has 1 fully saturated rings. The van der Waals surface area contributed by atoms with Crippen LogP contribution in [-0.4, -0.2) is 4.98 Å². The smallest absolute Gasteiger partial charge is 0.153 e. The summed E-state index contributed by atoms with van der Waals surface area (Å²) in [6, 6.07) is 3.84. The standard InChI is InChI=1S/C13H16N2OS/c1-9-11(10-5-4-8-16-10)15-12(17-9)13(14)6-2-3-7-13/h4-5,8H,2-3,6-7,14H2,1H3. The summed E-state index contributed by atoms with van der Waals surface area (Å²) in [5, 5.41) is 1.07. The largest absolute Gasteiger partial charge is 0.463 e. The van der Waals surface area contributed by atoms with Crippen molar-refractivity contribution in [1.29, 1.82) is 0 Å². The first-order valence-electron chi connectivity index (χ1n) is 6.00. The summed E-state index contributed by atoms with van der Waals surface area (Å²) in [4.78, 5) is 5.89. The van der Waals surface area contributed by atoms with Crippen LogP contribution in [0, 0.1) is 6.92 Å². The van der Waals surface area contributed by atoms with E-state index in [1.807, 2.05) is 12.1 Å². The van der Waals surface area contributed by atoms with Crippen LogP contribution in [0.15, 0.2) is 22.8 Å². The van der Waals surface area contributed by atoms with E-state index in [9.17, 15) is 0 Å². The van der Waals surface area contributed by atoms with Crippen LogP contribution in [0.2, 0.25) is 0 Å². The average molecular weight is 248 g/mol. The normalized spacial score (nSPS) is 18.7. The van der Waals surface area contributed by atoms with E-state index in [0.717, 1.165) is 29.3 Å². The minimum Gasteiger partial charge on any atom is -0.463 e. The molecule has 2 heterocycles. The molecule has 1 saturated carbocycles. The number of thiazole rings is 1. The zero-order valence-corrected chi connectivity index (χ0v) is 10.7. The number of hydrogen-bond acceptors (Lipinski definition) is 4. The predicted octanol–water partition coefficient (Wildman–Crippen LogP) is 3.44. The zero-order valence-electron chi connectivity index (χ0n) is 9.90. The topological polar surface area (TPSA) is 52.0 Å². The molecule has 0 bridgehead atoms. The maximum Gasteiger partial charge on any atom is 0.153 e. The molecule has 4 heteroatoms. The molecule has 0 unspecified atom stereocenters. The van der Waals surface area contributed by atoms with E-state index < -0.39 is 0 Å². The second-order valence-electron chi connectivity index (χ2n) is 4.76. The van der Waals surface area contributed by atoms with Crippen molar-refractivity contribution in [2.24, 2.45) is 5.73 Å². The summed E-state index contributed by atoms with van der Waals surface area (Å²) in [5.41, 5.74) is 7.19. The number of rotatable bonds is 2. The van der Waals surface area contributed by atoms with Gasteiger partial charge in [-0.15, -0.1) is 11.3 Å². The van der Waals surface area contributed by atoms with E-state index in [-0.39, 0.29) is 5.54 Å². The number of furan rings is 1. The summed E-state index contributed by atoms with van der Waals surface area (Å²) >= 11 is 1.71. The maximum atomic E-state index is 6.43. The Morgan fingerprint density at radius 3 is 2.82 bits per heavy atom. The van der Waals surface area contributed by atoms with E-state index in [0.29, 0.717) is 0 Å². The molecule has 2 aromatic rings. The lowest BCUT2D eigenvalue weighted by Crippen LogP contribution is -2.32. The van der Waals surface area contributed by atoms with Gasteiger partial charge < -0.3 is 10.2 Å². The highest BCUT2D eigenvalue weighted by molar-refractivity contribution is 7.12. The quantitative estimate of drug-likeness (QED) is 0.885. The third kappa shape index (κ3) is 1.81. The molecule has 0 atom stereocenters. The van der Waals surface area contributed by atoms with Crippen LogP contribution in [0.3, 0.4) is 0 Å². The number of hydrogen-bond donors (Lipinski definition) is 1. The lowest BCUT2D eigenvalue weighted by Gasteiger charge is -2.19. The summed E-state index contributed by atoms with van der Waals surface area (Å²) in [6.07, 6.45) is 6.22. The van der Waals surface area contributed by atoms with Crippen molar-refractivity contribution < 1.29 is 4.42 Å². The van der Waals surface area contributed by atoms with Gasteiger partial charge in [0.25, 0.3) is 0 Å². The van der Waals surface area contributed by atoms with Gasteiger partial charge in [0.2, 0.25) is 0 Å². The van der Waals surface area contributed by atoms with Crippen LogP contribution >= 0.6 is 11.3 Å². The van der Waals surface area contributed by atoms with Crippen molar-refractivity contribution in [3.8, 4) is 11.5 Å². The number of nitrogens with two attached hydrogens (primary N) is 1. The summed E-state index contributed by atoms with van der Waals surface area (Å²) in [5.74, 6) is 0.839. The molecule has 17 heavy (non-hydrogen) atoms. The molecule has 3 nitrogen and oxygen atoms in total. The molecular formula is C13H16N2OS. The number of aryl methyl sites for hydroxylation is 1. The van der Waals surface area contributed by atoms with Crippen molar-refractivity contribution in [2.45, 2.75) is 38.1 Å². The van der Waals surface area contributed by atoms with Crippen LogP contribution in [-0.2, 0) is 5.54 Å². The van der Waals surface area contributed by atoms with E-state index in [1.165, 1.54) is 17.7 Å². The highest BCUT2D eigenvalue weighted by atomic mass is 32.1. The minimum absolute atomic E-state index is 0.194. The molecular weight excluding hydrogens is 232 g/mol. The molecule has 0 saturated heterocycles. The maximum absolute atomic E-state index is 6.43. The Morgan fingerprint density at radius 2 is 2.18 bits per heavy atom. The van der Waals surface area contributed by atoms with Gasteiger partial charge in [-0.2, -0.15) is 0 Å². The Morgan fingerprint density at radius 1 is 1.41 bits per heavy atom. The van der Waals surface area contributed by atoms with Gasteiger partial charge in [-0.3, -0.25) is 0 Å². The van der Waals surface area contributed by atoms with Crippen molar-refractivity contribution in [1.82, 2.24) is 4.98 Å². The zero-order chi connectivity index (χ0) is 11.9. The number of nitrogens with zero attached hydrogens (tertiary/aromatic N) is 1. The van der Waals surface area contributed by atoms with E-state index in [1.54, 1.807) is 17.6 Å². The Kier molecular flexibility index (Phi) is 2.56. The predicted molar refractivity (Wildman–Crippen MR) is 68.9 cm³/mol. The fourth-order valence-electron chi connectivity index (χ4n) is 2.47. The molecule has 3 rings (SSSR count). The molecule has 0 amide bonds. The van der Waals surface area contributed by atoms with Gasteiger partial charge in [-0.25, -0.2) is 4.98 Å². The van der Waals surface area contributed by atoms with Gasteiger partial charge in [0, 0.05) is 4.88 Å². The second kappa shape index (κ2) is 3.96. The molecule has 0 radical (unpaired) electrons. The Bertz CT molecular complexity index is 510. The summed E-state index contributed by atoms with van der Waals surface area (Å²) < 4.78 is 5.41. The lowest BCUT2D eigenvalue weighted by molar-refractivity contribution is 0.459. The summed E-state index contributed by atoms with van der Waals surface area (Å²) in [6.45, 7) is 2.08. The lowest BCUT2D eigenvalue weighted by atomic mass is 10.0. The molecule has 0 spiro atoms. The van der Waals surface area contributed by atoms with Crippen molar-refractivity contribution in [3.63, 3.8) is 0 Å². The van der Waals surface area contributed by atoms with Crippen LogP contribution in [0.1, 0.15) is 35.6 Å². The van der Waals surface area contributed by atoms with Gasteiger partial charge in [-0.1, -0.05) is 12.8 Å². The second-order valence-corrected chi connectivity index (χ2v) is 5.97. The Balaban J connectivity index is 2.01. The first kappa shape index (κ1) is 11.0. The van der Waals surface area contributed by atoms with Gasteiger partial charge in [-0.05, 0) is 31.9 Å². The van der Waals surface area contributed by atoms with Gasteiger partial charge >= 0.3 is 0 Å². The van der Waals surface area contributed by atoms with Gasteiger partial charge in [0.1, 0.15) is 10.7 Å². The Labute approximate surface area is 105 Å². The van der Waals surface area contributed by atoms with Gasteiger partial charge in [0.05, 0.1) is 11.8 Å². The molecule has 0 aliphatic heterocycles. The summed E-state index contributed by atoms with van der Waals surface area (Å²) in [7, 11) is 0. The highest BCUT2D eigenvalue weighted by Gasteiger charge is 2.35. The van der Waals surface area contributed by atoms with E-state index in [2.05, 4.69) is 6.92 Å². The molecule has 0 aromatic carbocycles. The SMILES string of the molecule is Cc1sc(C2(N)CCCC2)nc1-c1ccco1. The minimum atomic E-state index is -0.194. The fourth-order valence-corrected chi connectivity index (χ4v) is 3.55. The monoisotopic (exact) mass is 248 g/mol. The van der Waals surface area contributed by atoms with Gasteiger partial charge in [0.15, 0.2) is 5.76 Å². The average Bonchev–Trinajstić information content (AvgIpc) is 2.97. The highest BCUT2D eigenvalue weighted by Crippen LogP contribution is 2.40. The molecule has 90 valence electrons. The van der Waals surface area contributed by atoms with E-state index in [4.69, 9.17) is 15.1 Å². The fraction of sp³-hybridized carbons (Fsp3) is 0.462. The molecule has 2 N–H and O–H groups in total. The van der Waals surface area contributed by atoms with Crippen molar-refractivity contribution in [2.75, 3.05) is 0 Å². The third-order valence-electron chi connectivity index (χ3n) is 3.47. The van der Waals surface area contributed by atoms with Crippen LogP contribution in [0.25, 0.3) is 11.5 Å². The molecule has 2 aromatic heterocycles. The van der Waals surface area contributed by atoms with Crippen molar-refractivity contribution in [3.05, 3.63) is 28.3 Å². The molecule has 1 aliphatic carbocycles. The van der Waals surface area contributed by atoms with Crippen molar-refractivity contribution >= 4 is 11.3 Å².